The fraction of sp³-hybridized carbons (Fsp3) is 0.452. The van der Waals surface area contributed by atoms with Gasteiger partial charge in [-0.25, -0.2) is 9.97 Å². The van der Waals surface area contributed by atoms with Crippen LogP contribution in [-0.4, -0.2) is 85.0 Å². The maximum absolute atomic E-state index is 11.3. The molecule has 11 heteroatoms. The second-order valence-corrected chi connectivity index (χ2v) is 11.8. The Bertz CT molecular complexity index is 1590. The van der Waals surface area contributed by atoms with Crippen molar-refractivity contribution < 1.29 is 15.0 Å². The zero-order valence-corrected chi connectivity index (χ0v) is 23.8. The smallest absolute Gasteiger partial charge is 0.306 e. The molecular weight excluding hydrogens is 532 g/mol. The lowest BCUT2D eigenvalue weighted by Gasteiger charge is -2.42. The molecule has 3 aromatic heterocycles. The number of aromatic nitrogens is 5. The fourth-order valence-corrected chi connectivity index (χ4v) is 7.07. The Balaban J connectivity index is 1.04. The van der Waals surface area contributed by atoms with Crippen molar-refractivity contribution in [2.45, 2.75) is 51.1 Å². The number of aromatic hydroxyl groups is 1. The molecule has 42 heavy (non-hydrogen) atoms. The molecule has 3 N–H and O–H groups in total. The van der Waals surface area contributed by atoms with E-state index in [1.165, 1.54) is 5.56 Å². The molecule has 1 saturated carbocycles. The quantitative estimate of drug-likeness (QED) is 0.324. The number of carboxylic acid groups (broad SMARTS) is 1. The lowest BCUT2D eigenvalue weighted by Crippen LogP contribution is -2.51. The van der Waals surface area contributed by atoms with Crippen LogP contribution in [0.4, 0.5) is 11.6 Å². The number of para-hydroxylation sites is 1. The molecule has 0 unspecified atom stereocenters. The van der Waals surface area contributed by atoms with E-state index < -0.39 is 5.97 Å². The highest BCUT2D eigenvalue weighted by Crippen LogP contribution is 2.38. The van der Waals surface area contributed by atoms with Gasteiger partial charge in [-0.15, -0.1) is 10.2 Å². The number of hydrogen-bond acceptors (Lipinski definition) is 9. The van der Waals surface area contributed by atoms with Crippen molar-refractivity contribution in [1.82, 2.24) is 30.0 Å². The van der Waals surface area contributed by atoms with Crippen LogP contribution in [0.25, 0.3) is 22.3 Å². The third kappa shape index (κ3) is 4.81. The molecule has 0 amide bonds. The van der Waals surface area contributed by atoms with Crippen molar-refractivity contribution in [2.75, 3.05) is 42.5 Å². The van der Waals surface area contributed by atoms with Crippen LogP contribution >= 0.6 is 0 Å². The summed E-state index contributed by atoms with van der Waals surface area (Å²) in [6.45, 7) is 6.75. The van der Waals surface area contributed by atoms with Crippen molar-refractivity contribution in [3.63, 3.8) is 0 Å². The monoisotopic (exact) mass is 568 g/mol. The second kappa shape index (κ2) is 10.9. The Morgan fingerprint density at radius 3 is 2.43 bits per heavy atom. The number of fused-ring (bicyclic) bond motifs is 3. The fourth-order valence-electron chi connectivity index (χ4n) is 7.07. The Morgan fingerprint density at radius 1 is 0.976 bits per heavy atom. The van der Waals surface area contributed by atoms with E-state index in [0.29, 0.717) is 23.2 Å². The summed E-state index contributed by atoms with van der Waals surface area (Å²) in [5.74, 6) is 0.0829. The highest BCUT2D eigenvalue weighted by Gasteiger charge is 2.32. The highest BCUT2D eigenvalue weighted by molar-refractivity contribution is 5.86. The SMILES string of the molecule is C[C@@H]1c2c([nH]c3nnc(-c4ccccc4O)cc23)CCN1c1ncc(N2CCN(C3CCC(C(=O)O)CC3)CC2)cn1. The lowest BCUT2D eigenvalue weighted by atomic mass is 9.85. The Morgan fingerprint density at radius 2 is 1.71 bits per heavy atom. The molecule has 1 aliphatic carbocycles. The van der Waals surface area contributed by atoms with E-state index in [9.17, 15) is 15.0 Å². The largest absolute Gasteiger partial charge is 0.507 e. The molecule has 3 aliphatic rings. The number of aliphatic carboxylic acids is 1. The van der Waals surface area contributed by atoms with Crippen molar-refractivity contribution in [2.24, 2.45) is 5.92 Å². The number of phenols is 1. The molecule has 1 atom stereocenters. The van der Waals surface area contributed by atoms with Crippen molar-refractivity contribution in [3.8, 4) is 17.0 Å². The highest BCUT2D eigenvalue weighted by atomic mass is 16.4. The molecule has 0 radical (unpaired) electrons. The van der Waals surface area contributed by atoms with Crippen LogP contribution in [-0.2, 0) is 11.2 Å². The van der Waals surface area contributed by atoms with Crippen LogP contribution in [0.5, 0.6) is 5.75 Å². The molecule has 2 aliphatic heterocycles. The number of hydrogen-bond donors (Lipinski definition) is 3. The molecule has 11 nitrogen and oxygen atoms in total. The van der Waals surface area contributed by atoms with Gasteiger partial charge in [0.1, 0.15) is 5.75 Å². The van der Waals surface area contributed by atoms with Gasteiger partial charge in [-0.05, 0) is 50.8 Å². The number of H-pyrrole nitrogens is 1. The topological polar surface area (TPSA) is 135 Å². The summed E-state index contributed by atoms with van der Waals surface area (Å²) in [6, 6.07) is 9.73. The van der Waals surface area contributed by atoms with E-state index in [1.807, 2.05) is 30.6 Å². The van der Waals surface area contributed by atoms with Crippen LogP contribution in [0.1, 0.15) is 49.9 Å². The van der Waals surface area contributed by atoms with E-state index in [0.717, 1.165) is 87.2 Å². The maximum atomic E-state index is 11.3. The van der Waals surface area contributed by atoms with Crippen LogP contribution in [0, 0.1) is 5.92 Å². The number of benzene rings is 1. The number of aromatic amines is 1. The van der Waals surface area contributed by atoms with Crippen LogP contribution < -0.4 is 9.80 Å². The molecule has 1 aromatic carbocycles. The Kier molecular flexibility index (Phi) is 6.89. The van der Waals surface area contributed by atoms with E-state index >= 15 is 0 Å². The summed E-state index contributed by atoms with van der Waals surface area (Å²) in [6.07, 6.45) is 8.23. The number of rotatable bonds is 5. The minimum absolute atomic E-state index is 0.0366. The first kappa shape index (κ1) is 26.6. The summed E-state index contributed by atoms with van der Waals surface area (Å²) < 4.78 is 0. The molecular formula is C31H36N8O3. The second-order valence-electron chi connectivity index (χ2n) is 11.8. The number of carbonyl (C=O) groups is 1. The van der Waals surface area contributed by atoms with E-state index in [1.54, 1.807) is 12.1 Å². The van der Waals surface area contributed by atoms with Gasteiger partial charge in [0.05, 0.1) is 35.7 Å². The number of piperazine rings is 1. The zero-order chi connectivity index (χ0) is 28.8. The van der Waals surface area contributed by atoms with Crippen LogP contribution in [0.2, 0.25) is 0 Å². The summed E-state index contributed by atoms with van der Waals surface area (Å²) in [5.41, 5.74) is 5.41. The minimum Gasteiger partial charge on any atom is -0.507 e. The van der Waals surface area contributed by atoms with Crippen LogP contribution in [0.15, 0.2) is 42.7 Å². The van der Waals surface area contributed by atoms with Gasteiger partial charge in [0.15, 0.2) is 5.65 Å². The van der Waals surface area contributed by atoms with Gasteiger partial charge in [-0.2, -0.15) is 0 Å². The van der Waals surface area contributed by atoms with Crippen LogP contribution in [0.3, 0.4) is 0 Å². The van der Waals surface area contributed by atoms with E-state index in [-0.39, 0.29) is 17.7 Å². The van der Waals surface area contributed by atoms with Gasteiger partial charge in [-0.3, -0.25) is 9.69 Å². The van der Waals surface area contributed by atoms with Crippen molar-refractivity contribution in [1.29, 1.82) is 0 Å². The van der Waals surface area contributed by atoms with Gasteiger partial charge in [-0.1, -0.05) is 12.1 Å². The number of phenolic OH excluding ortho intramolecular Hbond substituents is 1. The molecule has 0 spiro atoms. The maximum Gasteiger partial charge on any atom is 0.306 e. The summed E-state index contributed by atoms with van der Waals surface area (Å²) in [4.78, 5) is 31.5. The molecule has 218 valence electrons. The van der Waals surface area contributed by atoms with Gasteiger partial charge in [0.25, 0.3) is 0 Å². The zero-order valence-electron chi connectivity index (χ0n) is 23.8. The molecule has 2 fully saturated rings. The number of nitrogens with one attached hydrogen (secondary N) is 1. The lowest BCUT2D eigenvalue weighted by molar-refractivity contribution is -0.143. The molecule has 4 aromatic rings. The minimum atomic E-state index is -0.643. The van der Waals surface area contributed by atoms with Gasteiger partial charge in [0, 0.05) is 67.4 Å². The van der Waals surface area contributed by atoms with Gasteiger partial charge >= 0.3 is 5.97 Å². The van der Waals surface area contributed by atoms with Gasteiger partial charge < -0.3 is 25.0 Å². The summed E-state index contributed by atoms with van der Waals surface area (Å²) >= 11 is 0. The summed E-state index contributed by atoms with van der Waals surface area (Å²) in [7, 11) is 0. The first-order chi connectivity index (χ1) is 20.5. The third-order valence-corrected chi connectivity index (χ3v) is 9.47. The average Bonchev–Trinajstić information content (AvgIpc) is 3.40. The molecule has 5 heterocycles. The molecule has 0 bridgehead atoms. The number of anilines is 2. The van der Waals surface area contributed by atoms with Crippen molar-refractivity contribution >= 4 is 28.6 Å². The third-order valence-electron chi connectivity index (χ3n) is 9.47. The number of carboxylic acids is 1. The van der Waals surface area contributed by atoms with Gasteiger partial charge in [0.2, 0.25) is 5.95 Å². The summed E-state index contributed by atoms with van der Waals surface area (Å²) in [5, 5.41) is 29.5. The molecule has 1 saturated heterocycles. The van der Waals surface area contributed by atoms with E-state index in [4.69, 9.17) is 9.97 Å². The average molecular weight is 569 g/mol. The Hall–Kier alpha value is -4.25. The molecule has 7 rings (SSSR count). The first-order valence-corrected chi connectivity index (χ1v) is 14.9. The van der Waals surface area contributed by atoms with E-state index in [2.05, 4.69) is 36.8 Å². The Labute approximate surface area is 244 Å². The predicted octanol–water partition coefficient (Wildman–Crippen LogP) is 4.01. The predicted molar refractivity (Wildman–Crippen MR) is 160 cm³/mol. The standard InChI is InChI=1S/C31H36N8O3/c1-19-28-24-16-26(23-4-2-3-5-27(23)40)35-36-29(24)34-25(28)10-11-39(19)31-32-17-22(18-33-31)38-14-12-37(13-15-38)21-8-6-20(7-9-21)30(41)42/h2-5,16-21,40H,6-15H2,1H3,(H,34,36)(H,41,42)/t19-,20?,21?/m1/s1. The first-order valence-electron chi connectivity index (χ1n) is 14.9. The normalized spacial score (nSPS) is 23.2. The van der Waals surface area contributed by atoms with Crippen molar-refractivity contribution in [3.05, 3.63) is 54.0 Å². The number of nitrogens with zero attached hydrogens (tertiary/aromatic N) is 7.